The molecule has 1 saturated carbocycles. The van der Waals surface area contributed by atoms with E-state index < -0.39 is 10.0 Å². The zero-order valence-electron chi connectivity index (χ0n) is 10.1. The van der Waals surface area contributed by atoms with E-state index in [4.69, 9.17) is 11.6 Å². The van der Waals surface area contributed by atoms with Gasteiger partial charge in [-0.3, -0.25) is 0 Å². The summed E-state index contributed by atoms with van der Waals surface area (Å²) in [5, 5.41) is 9.49. The van der Waals surface area contributed by atoms with E-state index in [2.05, 4.69) is 4.72 Å². The van der Waals surface area contributed by atoms with Gasteiger partial charge in [-0.15, -0.1) is 11.6 Å². The van der Waals surface area contributed by atoms with Crippen molar-refractivity contribution < 1.29 is 13.5 Å². The van der Waals surface area contributed by atoms with Crippen LogP contribution in [-0.4, -0.2) is 37.8 Å². The van der Waals surface area contributed by atoms with Crippen molar-refractivity contribution >= 4 is 21.6 Å². The van der Waals surface area contributed by atoms with Crippen LogP contribution in [0.25, 0.3) is 0 Å². The first-order valence-corrected chi connectivity index (χ1v) is 8.43. The molecule has 0 aliphatic heterocycles. The van der Waals surface area contributed by atoms with Crippen molar-refractivity contribution in [1.82, 2.24) is 4.72 Å². The summed E-state index contributed by atoms with van der Waals surface area (Å²) in [7, 11) is -3.16. The molecule has 1 aliphatic rings. The molecule has 0 aromatic carbocycles. The molecule has 0 radical (unpaired) electrons. The van der Waals surface area contributed by atoms with Crippen LogP contribution in [-0.2, 0) is 10.0 Å². The Hall–Kier alpha value is 0.160. The Balaban J connectivity index is 2.23. The minimum absolute atomic E-state index is 0.148. The van der Waals surface area contributed by atoms with Crippen molar-refractivity contribution in [3.8, 4) is 0 Å². The molecular formula is C11H22ClNO3S. The highest BCUT2D eigenvalue weighted by molar-refractivity contribution is 7.89. The van der Waals surface area contributed by atoms with Crippen LogP contribution < -0.4 is 4.72 Å². The van der Waals surface area contributed by atoms with Gasteiger partial charge in [0, 0.05) is 12.4 Å². The van der Waals surface area contributed by atoms with Crippen LogP contribution in [0.5, 0.6) is 0 Å². The molecular weight excluding hydrogens is 262 g/mol. The summed E-state index contributed by atoms with van der Waals surface area (Å²) < 4.78 is 25.9. The van der Waals surface area contributed by atoms with Gasteiger partial charge in [0.2, 0.25) is 10.0 Å². The highest BCUT2D eigenvalue weighted by Gasteiger charge is 2.21. The van der Waals surface area contributed by atoms with Crippen LogP contribution in [0.4, 0.5) is 0 Å². The van der Waals surface area contributed by atoms with Gasteiger partial charge in [0.05, 0.1) is 11.9 Å². The quantitative estimate of drug-likeness (QED) is 0.549. The fraction of sp³-hybridized carbons (Fsp3) is 1.00. The van der Waals surface area contributed by atoms with Crippen LogP contribution in [0.15, 0.2) is 0 Å². The first kappa shape index (κ1) is 15.2. The van der Waals surface area contributed by atoms with E-state index in [0.717, 1.165) is 25.7 Å². The summed E-state index contributed by atoms with van der Waals surface area (Å²) in [6.07, 6.45) is 4.62. The Labute approximate surface area is 109 Å². The topological polar surface area (TPSA) is 66.4 Å². The molecule has 2 unspecified atom stereocenters. The Morgan fingerprint density at radius 2 is 2.06 bits per heavy atom. The number of hydrogen-bond donors (Lipinski definition) is 2. The minimum atomic E-state index is -3.16. The summed E-state index contributed by atoms with van der Waals surface area (Å²) in [5.41, 5.74) is 0. The molecule has 2 N–H and O–H groups in total. The van der Waals surface area contributed by atoms with Crippen LogP contribution in [0.1, 0.15) is 38.5 Å². The molecule has 6 heteroatoms. The summed E-state index contributed by atoms with van der Waals surface area (Å²) >= 11 is 5.50. The first-order chi connectivity index (χ1) is 8.03. The van der Waals surface area contributed by atoms with Gasteiger partial charge in [-0.05, 0) is 38.0 Å². The Morgan fingerprint density at radius 3 is 2.71 bits per heavy atom. The molecule has 2 atom stereocenters. The van der Waals surface area contributed by atoms with Gasteiger partial charge in [0.15, 0.2) is 0 Å². The third-order valence-corrected chi connectivity index (χ3v) is 4.84. The zero-order chi connectivity index (χ0) is 12.7. The number of aliphatic hydroxyl groups is 1. The third kappa shape index (κ3) is 6.60. The van der Waals surface area contributed by atoms with Crippen molar-refractivity contribution in [1.29, 1.82) is 0 Å². The van der Waals surface area contributed by atoms with Crippen molar-refractivity contribution in [2.75, 3.05) is 18.2 Å². The average molecular weight is 284 g/mol. The molecule has 0 aromatic rings. The average Bonchev–Trinajstić information content (AvgIpc) is 2.27. The number of hydrogen-bond acceptors (Lipinski definition) is 3. The third-order valence-electron chi connectivity index (χ3n) is 3.14. The van der Waals surface area contributed by atoms with Gasteiger partial charge in [-0.25, -0.2) is 13.1 Å². The molecule has 17 heavy (non-hydrogen) atoms. The number of alkyl halides is 1. The monoisotopic (exact) mass is 283 g/mol. The molecule has 1 fully saturated rings. The predicted molar refractivity (Wildman–Crippen MR) is 69.7 cm³/mol. The lowest BCUT2D eigenvalue weighted by molar-refractivity contribution is 0.102. The predicted octanol–water partition coefficient (Wildman–Crippen LogP) is 1.48. The normalized spacial score (nSPS) is 26.0. The molecule has 1 aliphatic carbocycles. The van der Waals surface area contributed by atoms with Crippen LogP contribution in [0.2, 0.25) is 0 Å². The fourth-order valence-corrected chi connectivity index (χ4v) is 3.56. The number of sulfonamides is 1. The summed E-state index contributed by atoms with van der Waals surface area (Å²) in [4.78, 5) is 0. The molecule has 0 aromatic heterocycles. The fourth-order valence-electron chi connectivity index (χ4n) is 2.15. The van der Waals surface area contributed by atoms with Gasteiger partial charge < -0.3 is 5.11 Å². The molecule has 0 spiro atoms. The SMILES string of the molecule is O=S(=O)(CCCCCl)NCC1CCCC(O)C1. The lowest BCUT2D eigenvalue weighted by atomic mass is 9.87. The summed E-state index contributed by atoms with van der Waals surface area (Å²) in [5.74, 6) is 0.931. The highest BCUT2D eigenvalue weighted by atomic mass is 35.5. The van der Waals surface area contributed by atoms with Gasteiger partial charge in [-0.1, -0.05) is 6.42 Å². The smallest absolute Gasteiger partial charge is 0.211 e. The van der Waals surface area contributed by atoms with Crippen LogP contribution in [0.3, 0.4) is 0 Å². The van der Waals surface area contributed by atoms with Crippen LogP contribution >= 0.6 is 11.6 Å². The molecule has 0 amide bonds. The zero-order valence-corrected chi connectivity index (χ0v) is 11.6. The van der Waals surface area contributed by atoms with Crippen LogP contribution in [0, 0.1) is 5.92 Å². The summed E-state index contributed by atoms with van der Waals surface area (Å²) in [6, 6.07) is 0. The number of aliphatic hydroxyl groups excluding tert-OH is 1. The van der Waals surface area contributed by atoms with Gasteiger partial charge >= 0.3 is 0 Å². The van der Waals surface area contributed by atoms with Gasteiger partial charge in [-0.2, -0.15) is 0 Å². The Kier molecular flexibility index (Phi) is 6.77. The molecule has 0 saturated heterocycles. The first-order valence-electron chi connectivity index (χ1n) is 6.25. The van der Waals surface area contributed by atoms with E-state index in [0.29, 0.717) is 25.3 Å². The Morgan fingerprint density at radius 1 is 1.29 bits per heavy atom. The van der Waals surface area contributed by atoms with Crippen molar-refractivity contribution in [2.24, 2.45) is 5.92 Å². The van der Waals surface area contributed by atoms with Crippen molar-refractivity contribution in [3.05, 3.63) is 0 Å². The van der Waals surface area contributed by atoms with E-state index >= 15 is 0 Å². The van der Waals surface area contributed by atoms with Crippen molar-refractivity contribution in [2.45, 2.75) is 44.6 Å². The van der Waals surface area contributed by atoms with Crippen molar-refractivity contribution in [3.63, 3.8) is 0 Å². The number of halogens is 1. The maximum atomic E-state index is 11.6. The lowest BCUT2D eigenvalue weighted by Crippen LogP contribution is -2.34. The number of rotatable bonds is 7. The number of unbranched alkanes of at least 4 members (excludes halogenated alkanes) is 1. The van der Waals surface area contributed by atoms with E-state index in [1.54, 1.807) is 0 Å². The summed E-state index contributed by atoms with van der Waals surface area (Å²) in [6.45, 7) is 0.459. The second-order valence-corrected chi connectivity index (χ2v) is 7.05. The highest BCUT2D eigenvalue weighted by Crippen LogP contribution is 2.23. The lowest BCUT2D eigenvalue weighted by Gasteiger charge is -2.25. The van der Waals surface area contributed by atoms with Gasteiger partial charge in [0.25, 0.3) is 0 Å². The maximum absolute atomic E-state index is 11.6. The molecule has 4 nitrogen and oxygen atoms in total. The second kappa shape index (κ2) is 7.56. The Bertz CT molecular complexity index is 308. The molecule has 102 valence electrons. The van der Waals surface area contributed by atoms with E-state index in [1.807, 2.05) is 0 Å². The van der Waals surface area contributed by atoms with E-state index in [9.17, 15) is 13.5 Å². The largest absolute Gasteiger partial charge is 0.393 e. The standard InChI is InChI=1S/C11H22ClNO3S/c12-6-1-2-7-17(15,16)13-9-10-4-3-5-11(14)8-10/h10-11,13-14H,1-9H2. The second-order valence-electron chi connectivity index (χ2n) is 4.75. The van der Waals surface area contributed by atoms with Gasteiger partial charge in [0.1, 0.15) is 0 Å². The maximum Gasteiger partial charge on any atom is 0.211 e. The minimum Gasteiger partial charge on any atom is -0.393 e. The molecule has 0 heterocycles. The molecule has 0 bridgehead atoms. The molecule has 1 rings (SSSR count). The number of nitrogens with one attached hydrogen (secondary N) is 1. The van der Waals surface area contributed by atoms with E-state index in [-0.39, 0.29) is 17.8 Å². The van der Waals surface area contributed by atoms with E-state index in [1.165, 1.54) is 0 Å².